The number of thiophene rings is 1. The highest BCUT2D eigenvalue weighted by molar-refractivity contribution is 7.15. The molecule has 0 bridgehead atoms. The van der Waals surface area contributed by atoms with Gasteiger partial charge in [0.25, 0.3) is 5.91 Å². The molecule has 1 aliphatic rings. The van der Waals surface area contributed by atoms with Gasteiger partial charge in [0.2, 0.25) is 0 Å². The molecule has 4 rings (SSSR count). The van der Waals surface area contributed by atoms with E-state index in [0.717, 1.165) is 46.8 Å². The predicted octanol–water partition coefficient (Wildman–Crippen LogP) is 5.32. The third-order valence-electron chi connectivity index (χ3n) is 5.39. The van der Waals surface area contributed by atoms with Gasteiger partial charge in [-0.05, 0) is 69.4 Å². The number of carbonyl (C=O) groups excluding carboxylic acids is 1. The molecule has 5 nitrogen and oxygen atoms in total. The first-order chi connectivity index (χ1) is 14.5. The maximum atomic E-state index is 12.2. The summed E-state index contributed by atoms with van der Waals surface area (Å²) in [7, 11) is 0. The summed E-state index contributed by atoms with van der Waals surface area (Å²) in [5, 5.41) is 15.4. The van der Waals surface area contributed by atoms with E-state index in [1.165, 1.54) is 16.9 Å². The molecule has 0 saturated carbocycles. The maximum Gasteiger partial charge on any atom is 0.271 e. The maximum absolute atomic E-state index is 12.2. The highest BCUT2D eigenvalue weighted by atomic mass is 35.5. The minimum absolute atomic E-state index is 0.319. The monoisotopic (exact) mass is 436 g/mol. The zero-order valence-electron chi connectivity index (χ0n) is 16.8. The molecule has 1 N–H and O–H groups in total. The Balaban J connectivity index is 1.60. The van der Waals surface area contributed by atoms with Crippen molar-refractivity contribution in [2.75, 3.05) is 0 Å². The first-order valence-electron chi connectivity index (χ1n) is 9.82. The lowest BCUT2D eigenvalue weighted by atomic mass is 9.96. The second-order valence-corrected chi connectivity index (χ2v) is 8.89. The number of halogens is 1. The van der Waals surface area contributed by atoms with Gasteiger partial charge in [-0.3, -0.25) is 4.79 Å². The fraction of sp³-hybridized carbons (Fsp3) is 0.261. The third kappa shape index (κ3) is 3.79. The van der Waals surface area contributed by atoms with Crippen molar-refractivity contribution in [3.05, 3.63) is 73.9 Å². The van der Waals surface area contributed by atoms with Gasteiger partial charge in [-0.15, -0.1) is 11.3 Å². The Morgan fingerprint density at radius 3 is 2.87 bits per heavy atom. The topological polar surface area (TPSA) is 70.2 Å². The molecular formula is C23H21ClN4OS. The number of benzene rings is 1. The Morgan fingerprint density at radius 2 is 2.10 bits per heavy atom. The molecule has 0 aliphatic heterocycles. The van der Waals surface area contributed by atoms with E-state index in [2.05, 4.69) is 21.2 Å². The van der Waals surface area contributed by atoms with Crippen LogP contribution in [0.3, 0.4) is 0 Å². The van der Waals surface area contributed by atoms with E-state index in [0.29, 0.717) is 10.6 Å². The summed E-state index contributed by atoms with van der Waals surface area (Å²) in [5.41, 5.74) is 7.94. The Kier molecular flexibility index (Phi) is 5.76. The first kappa shape index (κ1) is 20.4. The first-order valence-corrected chi connectivity index (χ1v) is 11.0. The van der Waals surface area contributed by atoms with Crippen molar-refractivity contribution in [1.29, 1.82) is 5.26 Å². The number of nitrogens with one attached hydrogen (secondary N) is 1. The van der Waals surface area contributed by atoms with Gasteiger partial charge < -0.3 is 4.57 Å². The van der Waals surface area contributed by atoms with Gasteiger partial charge in [0.1, 0.15) is 11.1 Å². The van der Waals surface area contributed by atoms with Crippen molar-refractivity contribution in [1.82, 2.24) is 9.99 Å². The summed E-state index contributed by atoms with van der Waals surface area (Å²) < 4.78 is 2.13. The van der Waals surface area contributed by atoms with Crippen molar-refractivity contribution >= 4 is 35.1 Å². The van der Waals surface area contributed by atoms with Crippen LogP contribution in [0, 0.1) is 25.2 Å². The largest absolute Gasteiger partial charge is 0.308 e. The Bertz CT molecular complexity index is 1200. The van der Waals surface area contributed by atoms with Crippen LogP contribution in [-0.4, -0.2) is 16.7 Å². The second kappa shape index (κ2) is 8.47. The van der Waals surface area contributed by atoms with Crippen LogP contribution in [0.25, 0.3) is 5.00 Å². The van der Waals surface area contributed by atoms with E-state index >= 15 is 0 Å². The molecule has 152 valence electrons. The lowest BCUT2D eigenvalue weighted by molar-refractivity contribution is 0.0955. The lowest BCUT2D eigenvalue weighted by Gasteiger charge is -2.10. The van der Waals surface area contributed by atoms with E-state index in [1.54, 1.807) is 41.8 Å². The summed E-state index contributed by atoms with van der Waals surface area (Å²) >= 11 is 7.66. The van der Waals surface area contributed by atoms with Crippen molar-refractivity contribution in [3.63, 3.8) is 0 Å². The average Bonchev–Trinajstić information content (AvgIpc) is 3.23. The molecule has 0 spiro atoms. The number of carbonyl (C=O) groups is 1. The number of rotatable bonds is 4. The van der Waals surface area contributed by atoms with Crippen LogP contribution < -0.4 is 5.43 Å². The molecule has 3 aromatic rings. The van der Waals surface area contributed by atoms with Crippen molar-refractivity contribution in [3.8, 4) is 11.1 Å². The SMILES string of the molecule is Cc1cc(C=NNC(=O)c2cccc(Cl)c2)c(C)n1-c1sc2c(c1C#N)CCCC2. The van der Waals surface area contributed by atoms with Crippen LogP contribution in [0.5, 0.6) is 0 Å². The normalized spacial score (nSPS) is 13.3. The molecular weight excluding hydrogens is 416 g/mol. The van der Waals surface area contributed by atoms with Crippen molar-refractivity contribution in [2.45, 2.75) is 39.5 Å². The fourth-order valence-corrected chi connectivity index (χ4v) is 5.55. The molecule has 0 unspecified atom stereocenters. The number of fused-ring (bicyclic) bond motifs is 1. The van der Waals surface area contributed by atoms with Gasteiger partial charge in [-0.2, -0.15) is 10.4 Å². The molecule has 1 aromatic carbocycles. The Labute approximate surface area is 184 Å². The quantitative estimate of drug-likeness (QED) is 0.444. The summed E-state index contributed by atoms with van der Waals surface area (Å²) in [5.74, 6) is -0.319. The van der Waals surface area contributed by atoms with Crippen LogP contribution in [0.1, 0.15) is 56.2 Å². The zero-order chi connectivity index (χ0) is 21.3. The van der Waals surface area contributed by atoms with Gasteiger partial charge in [0.05, 0.1) is 11.8 Å². The van der Waals surface area contributed by atoms with Crippen LogP contribution in [0.2, 0.25) is 5.02 Å². The number of aromatic nitrogens is 1. The number of nitriles is 1. The fourth-order valence-electron chi connectivity index (χ4n) is 3.91. The van der Waals surface area contributed by atoms with E-state index in [4.69, 9.17) is 11.6 Å². The average molecular weight is 437 g/mol. The van der Waals surface area contributed by atoms with E-state index < -0.39 is 0 Å². The molecule has 1 aliphatic carbocycles. The van der Waals surface area contributed by atoms with Crippen LogP contribution in [0.15, 0.2) is 35.4 Å². The van der Waals surface area contributed by atoms with E-state index in [1.807, 2.05) is 19.9 Å². The minimum atomic E-state index is -0.319. The smallest absolute Gasteiger partial charge is 0.271 e. The van der Waals surface area contributed by atoms with E-state index in [9.17, 15) is 10.1 Å². The highest BCUT2D eigenvalue weighted by Crippen LogP contribution is 2.38. The van der Waals surface area contributed by atoms with Gasteiger partial charge in [-0.1, -0.05) is 17.7 Å². The molecule has 1 amide bonds. The molecule has 2 aromatic heterocycles. The summed E-state index contributed by atoms with van der Waals surface area (Å²) in [6.45, 7) is 4.03. The van der Waals surface area contributed by atoms with Crippen molar-refractivity contribution in [2.24, 2.45) is 5.10 Å². The van der Waals surface area contributed by atoms with Gasteiger partial charge >= 0.3 is 0 Å². The molecule has 0 fully saturated rings. The molecule has 0 saturated heterocycles. The van der Waals surface area contributed by atoms with Gasteiger partial charge in [0.15, 0.2) is 0 Å². The number of nitrogens with zero attached hydrogens (tertiary/aromatic N) is 3. The Morgan fingerprint density at radius 1 is 1.30 bits per heavy atom. The molecule has 0 radical (unpaired) electrons. The number of hydrogen-bond acceptors (Lipinski definition) is 4. The molecule has 2 heterocycles. The number of amides is 1. The summed E-state index contributed by atoms with van der Waals surface area (Å²) in [6, 6.07) is 11.2. The molecule has 0 atom stereocenters. The Hall–Kier alpha value is -2.88. The zero-order valence-corrected chi connectivity index (χ0v) is 18.4. The number of hydrazone groups is 1. The third-order valence-corrected chi connectivity index (χ3v) is 6.91. The second-order valence-electron chi connectivity index (χ2n) is 7.37. The van der Waals surface area contributed by atoms with Crippen LogP contribution >= 0.6 is 22.9 Å². The van der Waals surface area contributed by atoms with Crippen LogP contribution in [0.4, 0.5) is 0 Å². The van der Waals surface area contributed by atoms with Gasteiger partial charge in [-0.25, -0.2) is 5.43 Å². The van der Waals surface area contributed by atoms with Crippen LogP contribution in [-0.2, 0) is 12.8 Å². The number of hydrogen-bond donors (Lipinski definition) is 1. The molecule has 30 heavy (non-hydrogen) atoms. The minimum Gasteiger partial charge on any atom is -0.308 e. The summed E-state index contributed by atoms with van der Waals surface area (Å²) in [6.07, 6.45) is 6.01. The standard InChI is InChI=1S/C23H21ClN4OS/c1-14-10-17(13-26-27-22(29)16-6-5-7-18(24)11-16)15(2)28(14)23-20(12-25)19-8-3-4-9-21(19)30-23/h5-7,10-11,13H,3-4,8-9H2,1-2H3,(H,27,29). The predicted molar refractivity (Wildman–Crippen MR) is 121 cm³/mol. The van der Waals surface area contributed by atoms with Crippen molar-refractivity contribution < 1.29 is 4.79 Å². The lowest BCUT2D eigenvalue weighted by Crippen LogP contribution is -2.17. The summed E-state index contributed by atoms with van der Waals surface area (Å²) in [4.78, 5) is 13.6. The highest BCUT2D eigenvalue weighted by Gasteiger charge is 2.23. The molecule has 7 heteroatoms. The van der Waals surface area contributed by atoms with Gasteiger partial charge in [0, 0.05) is 32.4 Å². The number of aryl methyl sites for hydroxylation is 2. The van der Waals surface area contributed by atoms with E-state index in [-0.39, 0.29) is 5.91 Å².